The second-order valence-electron chi connectivity index (χ2n) is 4.04. The van der Waals surface area contributed by atoms with Crippen LogP contribution < -0.4 is 0 Å². The molecule has 3 heteroatoms. The molecule has 0 amide bonds. The lowest BCUT2D eigenvalue weighted by atomic mass is 9.85. The minimum Gasteiger partial charge on any atom is -0.490 e. The minimum atomic E-state index is -0.276. The van der Waals surface area contributed by atoms with Crippen LogP contribution in [0, 0.1) is 11.8 Å². The van der Waals surface area contributed by atoms with Crippen molar-refractivity contribution in [1.29, 1.82) is 0 Å². The molecule has 0 heterocycles. The van der Waals surface area contributed by atoms with E-state index in [2.05, 4.69) is 30.4 Å². The van der Waals surface area contributed by atoms with E-state index in [-0.39, 0.29) is 5.97 Å². The first-order valence-corrected chi connectivity index (χ1v) is 5.77. The van der Waals surface area contributed by atoms with Crippen LogP contribution in [0.1, 0.15) is 6.92 Å². The second kappa shape index (κ2) is 5.53. The van der Waals surface area contributed by atoms with Crippen LogP contribution in [0.4, 0.5) is 0 Å². The summed E-state index contributed by atoms with van der Waals surface area (Å²) in [4.78, 5) is 10.6. The van der Waals surface area contributed by atoms with Gasteiger partial charge in [0.2, 0.25) is 0 Å². The Bertz CT molecular complexity index is 402. The predicted molar refractivity (Wildman–Crippen MR) is 65.1 cm³/mol. The van der Waals surface area contributed by atoms with Crippen LogP contribution >= 0.6 is 0 Å². The van der Waals surface area contributed by atoms with Crippen LogP contribution in [0.5, 0.6) is 0 Å². The molecule has 2 aliphatic rings. The molecule has 0 spiro atoms. The number of carbonyl (C=O) groups is 1. The molecular formula is C14H16O3. The highest BCUT2D eigenvalue weighted by Crippen LogP contribution is 2.28. The average Bonchev–Trinajstić information content (AvgIpc) is 2.34. The summed E-state index contributed by atoms with van der Waals surface area (Å²) >= 11 is 0. The fourth-order valence-electron chi connectivity index (χ4n) is 1.89. The largest absolute Gasteiger partial charge is 0.490 e. The lowest BCUT2D eigenvalue weighted by Gasteiger charge is -2.22. The van der Waals surface area contributed by atoms with E-state index in [1.165, 1.54) is 6.92 Å². The van der Waals surface area contributed by atoms with Crippen molar-refractivity contribution >= 4 is 5.97 Å². The smallest absolute Gasteiger partial charge is 0.302 e. The van der Waals surface area contributed by atoms with Crippen LogP contribution in [0.15, 0.2) is 48.3 Å². The van der Waals surface area contributed by atoms with Crippen LogP contribution in [0.3, 0.4) is 0 Å². The normalized spacial score (nSPS) is 25.1. The van der Waals surface area contributed by atoms with Gasteiger partial charge in [0.25, 0.3) is 0 Å². The number of fused-ring (bicyclic) bond motifs is 1. The maximum absolute atomic E-state index is 10.6. The molecule has 0 bridgehead atoms. The molecule has 0 aliphatic heterocycles. The van der Waals surface area contributed by atoms with Gasteiger partial charge in [0, 0.05) is 18.8 Å². The standard InChI is InChI=1S/C14H16O3/c1-11(15)16-8-9-17-14-7-6-12-4-2-3-5-13(12)10-14/h2-7,10,12-13H,8-9H2,1H3. The highest BCUT2D eigenvalue weighted by atomic mass is 16.6. The van der Waals surface area contributed by atoms with Gasteiger partial charge in [-0.15, -0.1) is 0 Å². The van der Waals surface area contributed by atoms with Crippen molar-refractivity contribution in [3.63, 3.8) is 0 Å². The summed E-state index contributed by atoms with van der Waals surface area (Å²) in [5, 5.41) is 0. The lowest BCUT2D eigenvalue weighted by molar-refractivity contribution is -0.142. The Morgan fingerprint density at radius 1 is 1.18 bits per heavy atom. The van der Waals surface area contributed by atoms with Gasteiger partial charge in [0.05, 0.1) is 0 Å². The van der Waals surface area contributed by atoms with Crippen LogP contribution in [0.2, 0.25) is 0 Å². The number of carbonyl (C=O) groups excluding carboxylic acids is 1. The van der Waals surface area contributed by atoms with Crippen molar-refractivity contribution in [2.24, 2.45) is 11.8 Å². The van der Waals surface area contributed by atoms with E-state index in [0.29, 0.717) is 25.0 Å². The molecule has 2 atom stereocenters. The summed E-state index contributed by atoms with van der Waals surface area (Å²) in [6.45, 7) is 2.08. The highest BCUT2D eigenvalue weighted by Gasteiger charge is 2.18. The Morgan fingerprint density at radius 2 is 1.94 bits per heavy atom. The molecule has 2 unspecified atom stereocenters. The highest BCUT2D eigenvalue weighted by molar-refractivity contribution is 5.65. The summed E-state index contributed by atoms with van der Waals surface area (Å²) in [5.74, 6) is 1.40. The molecule has 90 valence electrons. The first kappa shape index (κ1) is 11.7. The first-order chi connectivity index (χ1) is 8.25. The monoisotopic (exact) mass is 232 g/mol. The molecule has 0 saturated carbocycles. The van der Waals surface area contributed by atoms with Gasteiger partial charge >= 0.3 is 5.97 Å². The number of hydrogen-bond acceptors (Lipinski definition) is 3. The second-order valence-corrected chi connectivity index (χ2v) is 4.04. The third-order valence-electron chi connectivity index (χ3n) is 2.72. The molecule has 0 saturated heterocycles. The maximum Gasteiger partial charge on any atom is 0.302 e. The maximum atomic E-state index is 10.6. The van der Waals surface area contributed by atoms with E-state index < -0.39 is 0 Å². The Hall–Kier alpha value is -1.77. The van der Waals surface area contributed by atoms with Gasteiger partial charge in [-0.1, -0.05) is 30.4 Å². The molecule has 0 aromatic heterocycles. The fourth-order valence-corrected chi connectivity index (χ4v) is 1.89. The van der Waals surface area contributed by atoms with Gasteiger partial charge in [-0.3, -0.25) is 4.79 Å². The van der Waals surface area contributed by atoms with Crippen LogP contribution in [-0.2, 0) is 14.3 Å². The van der Waals surface area contributed by atoms with Crippen molar-refractivity contribution in [2.75, 3.05) is 13.2 Å². The number of ether oxygens (including phenoxy) is 2. The Labute approximate surface area is 101 Å². The molecule has 0 aromatic carbocycles. The molecule has 2 aliphatic carbocycles. The van der Waals surface area contributed by atoms with Crippen LogP contribution in [-0.4, -0.2) is 19.2 Å². The summed E-state index contributed by atoms with van der Waals surface area (Å²) in [6.07, 6.45) is 14.6. The number of rotatable bonds is 4. The summed E-state index contributed by atoms with van der Waals surface area (Å²) in [5.41, 5.74) is 0. The van der Waals surface area contributed by atoms with Gasteiger partial charge in [-0.25, -0.2) is 0 Å². The average molecular weight is 232 g/mol. The molecule has 0 radical (unpaired) electrons. The summed E-state index contributed by atoms with van der Waals surface area (Å²) in [6, 6.07) is 0. The van der Waals surface area contributed by atoms with Crippen molar-refractivity contribution in [3.05, 3.63) is 48.3 Å². The zero-order valence-corrected chi connectivity index (χ0v) is 9.84. The molecule has 17 heavy (non-hydrogen) atoms. The third-order valence-corrected chi connectivity index (χ3v) is 2.72. The molecule has 0 fully saturated rings. The Morgan fingerprint density at radius 3 is 2.71 bits per heavy atom. The van der Waals surface area contributed by atoms with E-state index in [0.717, 1.165) is 5.76 Å². The van der Waals surface area contributed by atoms with E-state index >= 15 is 0 Å². The number of allylic oxidation sites excluding steroid dienone is 7. The molecule has 3 nitrogen and oxygen atoms in total. The molecular weight excluding hydrogens is 216 g/mol. The van der Waals surface area contributed by atoms with Gasteiger partial charge in [0.1, 0.15) is 19.0 Å². The number of hydrogen-bond donors (Lipinski definition) is 0. The third kappa shape index (κ3) is 3.34. The molecule has 0 aromatic rings. The quantitative estimate of drug-likeness (QED) is 0.551. The zero-order valence-electron chi connectivity index (χ0n) is 9.84. The summed E-state index contributed by atoms with van der Waals surface area (Å²) < 4.78 is 10.3. The van der Waals surface area contributed by atoms with E-state index in [4.69, 9.17) is 9.47 Å². The van der Waals surface area contributed by atoms with Gasteiger partial charge < -0.3 is 9.47 Å². The molecule has 2 rings (SSSR count). The minimum absolute atomic E-state index is 0.276. The van der Waals surface area contributed by atoms with Crippen molar-refractivity contribution in [1.82, 2.24) is 0 Å². The Balaban J connectivity index is 1.81. The fraction of sp³-hybridized carbons (Fsp3) is 0.357. The lowest BCUT2D eigenvalue weighted by Crippen LogP contribution is -2.14. The van der Waals surface area contributed by atoms with Crippen molar-refractivity contribution in [2.45, 2.75) is 6.92 Å². The van der Waals surface area contributed by atoms with Crippen molar-refractivity contribution in [3.8, 4) is 0 Å². The number of esters is 1. The topological polar surface area (TPSA) is 35.5 Å². The van der Waals surface area contributed by atoms with Crippen molar-refractivity contribution < 1.29 is 14.3 Å². The van der Waals surface area contributed by atoms with E-state index in [1.54, 1.807) is 0 Å². The predicted octanol–water partition coefficient (Wildman–Crippen LogP) is 2.38. The van der Waals surface area contributed by atoms with Gasteiger partial charge in [-0.2, -0.15) is 0 Å². The van der Waals surface area contributed by atoms with Gasteiger partial charge in [-0.05, 0) is 12.2 Å². The zero-order chi connectivity index (χ0) is 12.1. The van der Waals surface area contributed by atoms with Gasteiger partial charge in [0.15, 0.2) is 0 Å². The van der Waals surface area contributed by atoms with E-state index in [1.807, 2.05) is 12.2 Å². The molecule has 0 N–H and O–H groups in total. The van der Waals surface area contributed by atoms with E-state index in [9.17, 15) is 4.79 Å². The Kier molecular flexibility index (Phi) is 3.81. The SMILES string of the molecule is CC(=O)OCCOC1=CC2C=CC=CC2C=C1. The van der Waals surface area contributed by atoms with Crippen LogP contribution in [0.25, 0.3) is 0 Å². The summed E-state index contributed by atoms with van der Waals surface area (Å²) in [7, 11) is 0. The first-order valence-electron chi connectivity index (χ1n) is 5.77.